The van der Waals surface area contributed by atoms with Gasteiger partial charge in [-0.15, -0.1) is 10.2 Å². The molecule has 0 radical (unpaired) electrons. The summed E-state index contributed by atoms with van der Waals surface area (Å²) in [6.07, 6.45) is 4.15. The van der Waals surface area contributed by atoms with Crippen LogP contribution in [-0.4, -0.2) is 75.6 Å². The van der Waals surface area contributed by atoms with E-state index in [-0.39, 0.29) is 36.0 Å². The molecule has 10 nitrogen and oxygen atoms in total. The van der Waals surface area contributed by atoms with Crippen LogP contribution >= 0.6 is 0 Å². The molecular weight excluding hydrogens is 434 g/mol. The highest BCUT2D eigenvalue weighted by molar-refractivity contribution is 7.91. The van der Waals surface area contributed by atoms with Crippen LogP contribution in [0.1, 0.15) is 37.7 Å². The van der Waals surface area contributed by atoms with Gasteiger partial charge in [-0.05, 0) is 31.4 Å². The second-order valence-electron chi connectivity index (χ2n) is 8.47. The first-order valence-electron chi connectivity index (χ1n) is 10.8. The Bertz CT molecular complexity index is 1080. The number of nitrogens with zero attached hydrogens (tertiary/aromatic N) is 5. The van der Waals surface area contributed by atoms with Crippen LogP contribution < -0.4 is 0 Å². The molecule has 1 saturated heterocycles. The van der Waals surface area contributed by atoms with Crippen molar-refractivity contribution in [2.24, 2.45) is 0 Å². The zero-order valence-electron chi connectivity index (χ0n) is 18.0. The summed E-state index contributed by atoms with van der Waals surface area (Å²) in [7, 11) is -3.13. The normalized spacial score (nSPS) is 20.3. The molecule has 1 aromatic carbocycles. The standard InChI is InChI=1S/C21H27N5O5S/c1-15-6-8-16(9-7-15)21-22-24-25(23-21)12-20(28)31-13-19(27)26(17-4-2-3-5-17)18-10-11-32(29,30)14-18/h6-9,17-18H,2-5,10-14H2,1H3. The maximum absolute atomic E-state index is 12.9. The summed E-state index contributed by atoms with van der Waals surface area (Å²) < 4.78 is 29.0. The third kappa shape index (κ3) is 5.32. The summed E-state index contributed by atoms with van der Waals surface area (Å²) in [5, 5.41) is 12.0. The molecule has 0 bridgehead atoms. The molecule has 1 unspecified atom stereocenters. The zero-order chi connectivity index (χ0) is 22.7. The van der Waals surface area contributed by atoms with E-state index < -0.39 is 22.4 Å². The minimum absolute atomic E-state index is 0.00792. The number of rotatable bonds is 7. The number of sulfone groups is 1. The monoisotopic (exact) mass is 461 g/mol. The number of benzene rings is 1. The fraction of sp³-hybridized carbons (Fsp3) is 0.571. The number of hydrogen-bond acceptors (Lipinski definition) is 8. The Morgan fingerprint density at radius 1 is 1.12 bits per heavy atom. The Kier molecular flexibility index (Phi) is 6.54. The van der Waals surface area contributed by atoms with E-state index in [2.05, 4.69) is 15.4 Å². The number of carbonyl (C=O) groups is 2. The summed E-state index contributed by atoms with van der Waals surface area (Å²) in [6, 6.07) is 7.27. The lowest BCUT2D eigenvalue weighted by atomic mass is 10.1. The third-order valence-corrected chi connectivity index (χ3v) is 7.75. The number of carbonyl (C=O) groups excluding carboxylic acids is 2. The summed E-state index contributed by atoms with van der Waals surface area (Å²) in [5.41, 5.74) is 1.89. The predicted molar refractivity (Wildman–Crippen MR) is 115 cm³/mol. The van der Waals surface area contributed by atoms with Gasteiger partial charge in [0.1, 0.15) is 0 Å². The van der Waals surface area contributed by atoms with Gasteiger partial charge in [0, 0.05) is 17.6 Å². The van der Waals surface area contributed by atoms with Crippen molar-refractivity contribution in [2.75, 3.05) is 18.1 Å². The van der Waals surface area contributed by atoms with Gasteiger partial charge in [-0.2, -0.15) is 4.80 Å². The van der Waals surface area contributed by atoms with Gasteiger partial charge in [-0.3, -0.25) is 4.79 Å². The quantitative estimate of drug-likeness (QED) is 0.563. The molecule has 2 aromatic rings. The summed E-state index contributed by atoms with van der Waals surface area (Å²) in [5.74, 6) is -0.539. The number of hydrogen-bond donors (Lipinski definition) is 0. The molecule has 11 heteroatoms. The smallest absolute Gasteiger partial charge is 0.330 e. The SMILES string of the molecule is Cc1ccc(-c2nnn(CC(=O)OCC(=O)N(C3CCCC3)C3CCS(=O)(=O)C3)n2)cc1. The van der Waals surface area contributed by atoms with Crippen LogP contribution in [0.15, 0.2) is 24.3 Å². The summed E-state index contributed by atoms with van der Waals surface area (Å²) in [4.78, 5) is 27.9. The van der Waals surface area contributed by atoms with Crippen LogP contribution in [0.5, 0.6) is 0 Å². The molecule has 0 N–H and O–H groups in total. The third-order valence-electron chi connectivity index (χ3n) is 6.00. The summed E-state index contributed by atoms with van der Waals surface area (Å²) >= 11 is 0. The lowest BCUT2D eigenvalue weighted by Gasteiger charge is -2.33. The van der Waals surface area contributed by atoms with Crippen molar-refractivity contribution >= 4 is 21.7 Å². The molecule has 1 aliphatic heterocycles. The molecule has 2 aliphatic rings. The van der Waals surface area contributed by atoms with E-state index in [1.807, 2.05) is 31.2 Å². The molecule has 32 heavy (non-hydrogen) atoms. The van der Waals surface area contributed by atoms with Gasteiger partial charge in [-0.25, -0.2) is 13.2 Å². The van der Waals surface area contributed by atoms with Gasteiger partial charge < -0.3 is 9.64 Å². The second-order valence-corrected chi connectivity index (χ2v) is 10.7. The Hall–Kier alpha value is -2.82. The highest BCUT2D eigenvalue weighted by atomic mass is 32.2. The fourth-order valence-electron chi connectivity index (χ4n) is 4.39. The van der Waals surface area contributed by atoms with Gasteiger partial charge in [-0.1, -0.05) is 42.7 Å². The van der Waals surface area contributed by atoms with Crippen molar-refractivity contribution < 1.29 is 22.7 Å². The molecule has 4 rings (SSSR count). The highest BCUT2D eigenvalue weighted by Gasteiger charge is 2.39. The average molecular weight is 462 g/mol. The van der Waals surface area contributed by atoms with E-state index in [1.165, 1.54) is 0 Å². The number of amides is 1. The van der Waals surface area contributed by atoms with E-state index in [9.17, 15) is 18.0 Å². The first-order chi connectivity index (χ1) is 15.3. The molecule has 1 amide bonds. The summed E-state index contributed by atoms with van der Waals surface area (Å²) in [6.45, 7) is 1.28. The molecule has 1 aliphatic carbocycles. The number of aromatic nitrogens is 4. The van der Waals surface area contributed by atoms with E-state index in [0.29, 0.717) is 12.2 Å². The Balaban J connectivity index is 1.34. The minimum atomic E-state index is -3.13. The zero-order valence-corrected chi connectivity index (χ0v) is 18.8. The van der Waals surface area contributed by atoms with Crippen molar-refractivity contribution in [3.63, 3.8) is 0 Å². The molecule has 1 atom stereocenters. The lowest BCUT2D eigenvalue weighted by Crippen LogP contribution is -2.48. The van der Waals surface area contributed by atoms with Crippen LogP contribution in [0.4, 0.5) is 0 Å². The second kappa shape index (κ2) is 9.35. The van der Waals surface area contributed by atoms with Crippen molar-refractivity contribution in [3.8, 4) is 11.4 Å². The van der Waals surface area contributed by atoms with Gasteiger partial charge in [0.05, 0.1) is 11.5 Å². The molecule has 1 saturated carbocycles. The van der Waals surface area contributed by atoms with Crippen LogP contribution in [-0.2, 0) is 30.7 Å². The number of tetrazole rings is 1. The number of esters is 1. The highest BCUT2D eigenvalue weighted by Crippen LogP contribution is 2.29. The van der Waals surface area contributed by atoms with Gasteiger partial charge in [0.15, 0.2) is 23.0 Å². The van der Waals surface area contributed by atoms with E-state index >= 15 is 0 Å². The Labute approximate surface area is 186 Å². The van der Waals surface area contributed by atoms with Crippen LogP contribution in [0.2, 0.25) is 0 Å². The van der Waals surface area contributed by atoms with E-state index in [1.54, 1.807) is 4.90 Å². The van der Waals surface area contributed by atoms with E-state index in [4.69, 9.17) is 4.74 Å². The first-order valence-corrected chi connectivity index (χ1v) is 12.6. The number of aryl methyl sites for hydroxylation is 1. The molecule has 2 heterocycles. The van der Waals surface area contributed by atoms with Crippen LogP contribution in [0, 0.1) is 6.92 Å². The fourth-order valence-corrected chi connectivity index (χ4v) is 6.10. The maximum atomic E-state index is 12.9. The Morgan fingerprint density at radius 2 is 1.84 bits per heavy atom. The molecular formula is C21H27N5O5S. The first kappa shape index (κ1) is 22.4. The average Bonchev–Trinajstić information content (AvgIpc) is 3.50. The molecule has 2 fully saturated rings. The largest absolute Gasteiger partial charge is 0.454 e. The van der Waals surface area contributed by atoms with Crippen LogP contribution in [0.25, 0.3) is 11.4 Å². The van der Waals surface area contributed by atoms with Crippen LogP contribution in [0.3, 0.4) is 0 Å². The van der Waals surface area contributed by atoms with Crippen molar-refractivity contribution in [1.29, 1.82) is 0 Å². The lowest BCUT2D eigenvalue weighted by molar-refractivity contribution is -0.154. The Morgan fingerprint density at radius 3 is 2.50 bits per heavy atom. The topological polar surface area (TPSA) is 124 Å². The van der Waals surface area contributed by atoms with Gasteiger partial charge in [0.2, 0.25) is 5.82 Å². The number of ether oxygens (including phenoxy) is 1. The molecule has 0 spiro atoms. The molecule has 172 valence electrons. The van der Waals surface area contributed by atoms with Gasteiger partial charge in [0.25, 0.3) is 5.91 Å². The van der Waals surface area contributed by atoms with E-state index in [0.717, 1.165) is 41.6 Å². The van der Waals surface area contributed by atoms with Gasteiger partial charge >= 0.3 is 5.97 Å². The van der Waals surface area contributed by atoms with Crippen molar-refractivity contribution in [2.45, 2.75) is 57.7 Å². The minimum Gasteiger partial charge on any atom is -0.454 e. The molecule has 1 aromatic heterocycles. The maximum Gasteiger partial charge on any atom is 0.330 e. The predicted octanol–water partition coefficient (Wildman–Crippen LogP) is 1.15. The van der Waals surface area contributed by atoms with Crippen molar-refractivity contribution in [1.82, 2.24) is 25.1 Å². The van der Waals surface area contributed by atoms with Crippen molar-refractivity contribution in [3.05, 3.63) is 29.8 Å².